The van der Waals surface area contributed by atoms with Crippen LogP contribution in [-0.4, -0.2) is 49.0 Å². The number of aliphatic hydroxyl groups is 1. The fourth-order valence-corrected chi connectivity index (χ4v) is 1.93. The Labute approximate surface area is 106 Å². The summed E-state index contributed by atoms with van der Waals surface area (Å²) in [5, 5.41) is 9.86. The fourth-order valence-electron chi connectivity index (χ4n) is 1.93. The van der Waals surface area contributed by atoms with Crippen LogP contribution >= 0.6 is 0 Å². The van der Waals surface area contributed by atoms with Crippen molar-refractivity contribution in [3.8, 4) is 0 Å². The van der Waals surface area contributed by atoms with E-state index >= 15 is 0 Å². The summed E-state index contributed by atoms with van der Waals surface area (Å²) in [5.41, 5.74) is 0.499. The van der Waals surface area contributed by atoms with E-state index in [2.05, 4.69) is 4.90 Å². The molecule has 1 aromatic carbocycles. The lowest BCUT2D eigenvalue weighted by Gasteiger charge is -2.27. The Morgan fingerprint density at radius 2 is 2.06 bits per heavy atom. The summed E-state index contributed by atoms with van der Waals surface area (Å²) in [5.74, 6) is -0.271. The maximum Gasteiger partial charge on any atom is 0.130 e. The molecule has 0 radical (unpaired) electrons. The average Bonchev–Trinajstić information content (AvgIpc) is 2.39. The summed E-state index contributed by atoms with van der Waals surface area (Å²) in [6, 6.07) is 6.52. The average molecular weight is 251 g/mol. The molecule has 1 aliphatic heterocycles. The molecule has 1 heterocycles. The minimum absolute atomic E-state index is 0.271. The van der Waals surface area contributed by atoms with E-state index < -0.39 is 6.10 Å². The van der Waals surface area contributed by atoms with Crippen LogP contribution in [-0.2, 0) is 4.74 Å². The smallest absolute Gasteiger partial charge is 0.130 e. The van der Waals surface area contributed by atoms with Crippen LogP contribution in [0.2, 0.25) is 0 Å². The molecule has 98 valence electrons. The molecule has 4 heteroatoms. The zero-order valence-electron chi connectivity index (χ0n) is 10.3. The van der Waals surface area contributed by atoms with Gasteiger partial charge in [-0.15, -0.1) is 0 Å². The predicted octanol–water partition coefficient (Wildman–Crippen LogP) is 1.53. The summed E-state index contributed by atoms with van der Waals surface area (Å²) in [6.45, 7) is 3.66. The molecule has 18 heavy (non-hydrogen) atoms. The maximum atomic E-state index is 13.3. The van der Waals surface area contributed by atoms with Crippen molar-refractivity contribution in [2.45, 2.75) is 6.10 Å². The van der Waals surface area contributed by atoms with Gasteiger partial charge in [-0.1, -0.05) is 30.4 Å². The highest BCUT2D eigenvalue weighted by Crippen LogP contribution is 2.09. The molecule has 1 aromatic rings. The maximum absolute atomic E-state index is 13.3. The molecule has 0 spiro atoms. The monoisotopic (exact) mass is 251 g/mol. The highest BCUT2D eigenvalue weighted by atomic mass is 19.1. The Balaban J connectivity index is 1.86. The quantitative estimate of drug-likeness (QED) is 0.881. The van der Waals surface area contributed by atoms with Crippen molar-refractivity contribution in [2.24, 2.45) is 0 Å². The van der Waals surface area contributed by atoms with Crippen LogP contribution in [0.25, 0.3) is 6.08 Å². The normalized spacial score (nSPS) is 19.2. The SMILES string of the molecule is OC(/C=C\c1ccccc1F)CN1CCOCC1. The number of benzene rings is 1. The second kappa shape index (κ2) is 6.64. The van der Waals surface area contributed by atoms with Crippen molar-refractivity contribution in [2.75, 3.05) is 32.8 Å². The molecule has 1 atom stereocenters. The van der Waals surface area contributed by atoms with E-state index in [-0.39, 0.29) is 5.82 Å². The molecule has 0 aliphatic carbocycles. The van der Waals surface area contributed by atoms with E-state index in [9.17, 15) is 9.50 Å². The molecular formula is C14H18FNO2. The number of hydrogen-bond acceptors (Lipinski definition) is 3. The molecule has 1 unspecified atom stereocenters. The van der Waals surface area contributed by atoms with Gasteiger partial charge in [0.2, 0.25) is 0 Å². The van der Waals surface area contributed by atoms with Crippen LogP contribution in [0.5, 0.6) is 0 Å². The zero-order chi connectivity index (χ0) is 12.8. The van der Waals surface area contributed by atoms with Crippen LogP contribution in [0.3, 0.4) is 0 Å². The topological polar surface area (TPSA) is 32.7 Å². The van der Waals surface area contributed by atoms with Crippen molar-refractivity contribution in [3.05, 3.63) is 41.7 Å². The van der Waals surface area contributed by atoms with Crippen LogP contribution in [0.4, 0.5) is 4.39 Å². The van der Waals surface area contributed by atoms with E-state index in [1.54, 1.807) is 30.4 Å². The summed E-state index contributed by atoms with van der Waals surface area (Å²) in [6.07, 6.45) is 2.68. The van der Waals surface area contributed by atoms with Crippen LogP contribution < -0.4 is 0 Å². The van der Waals surface area contributed by atoms with E-state index in [1.165, 1.54) is 6.07 Å². The lowest BCUT2D eigenvalue weighted by molar-refractivity contribution is 0.0223. The lowest BCUT2D eigenvalue weighted by Crippen LogP contribution is -2.40. The first-order valence-corrected chi connectivity index (χ1v) is 6.16. The Kier molecular flexibility index (Phi) is 4.87. The number of morpholine rings is 1. The first-order valence-electron chi connectivity index (χ1n) is 6.16. The van der Waals surface area contributed by atoms with Gasteiger partial charge in [-0.2, -0.15) is 0 Å². The highest BCUT2D eigenvalue weighted by Gasteiger charge is 2.12. The molecule has 0 saturated carbocycles. The van der Waals surface area contributed by atoms with Gasteiger partial charge in [0.1, 0.15) is 5.82 Å². The van der Waals surface area contributed by atoms with E-state index in [0.717, 1.165) is 13.1 Å². The van der Waals surface area contributed by atoms with Crippen molar-refractivity contribution in [1.29, 1.82) is 0 Å². The number of rotatable bonds is 4. The number of aliphatic hydroxyl groups excluding tert-OH is 1. The van der Waals surface area contributed by atoms with Gasteiger partial charge in [0, 0.05) is 25.2 Å². The summed E-state index contributed by atoms with van der Waals surface area (Å²) < 4.78 is 18.6. The number of β-amino-alcohol motifs (C(OH)–C–C–N with tert-alkyl or cyclic N) is 1. The molecule has 1 aliphatic rings. The summed E-state index contributed by atoms with van der Waals surface area (Å²) >= 11 is 0. The van der Waals surface area contributed by atoms with Gasteiger partial charge < -0.3 is 9.84 Å². The van der Waals surface area contributed by atoms with Crippen LogP contribution in [0.1, 0.15) is 5.56 Å². The third kappa shape index (κ3) is 3.91. The number of halogens is 1. The van der Waals surface area contributed by atoms with Gasteiger partial charge >= 0.3 is 0 Å². The fraction of sp³-hybridized carbons (Fsp3) is 0.429. The Hall–Kier alpha value is -1.23. The standard InChI is InChI=1S/C14H18FNO2/c15-14-4-2-1-3-12(14)5-6-13(17)11-16-7-9-18-10-8-16/h1-6,13,17H,7-11H2/b6-5-. The molecule has 1 fully saturated rings. The minimum atomic E-state index is -0.581. The molecule has 2 rings (SSSR count). The Morgan fingerprint density at radius 3 is 2.78 bits per heavy atom. The molecule has 0 amide bonds. The molecule has 1 N–H and O–H groups in total. The van der Waals surface area contributed by atoms with Gasteiger partial charge in [-0.3, -0.25) is 4.90 Å². The van der Waals surface area contributed by atoms with Gasteiger partial charge in [-0.25, -0.2) is 4.39 Å². The van der Waals surface area contributed by atoms with Crippen molar-refractivity contribution in [3.63, 3.8) is 0 Å². The summed E-state index contributed by atoms with van der Waals surface area (Å²) in [4.78, 5) is 2.14. The van der Waals surface area contributed by atoms with Gasteiger partial charge in [0.25, 0.3) is 0 Å². The van der Waals surface area contributed by atoms with E-state index in [0.29, 0.717) is 25.3 Å². The summed E-state index contributed by atoms with van der Waals surface area (Å²) in [7, 11) is 0. The largest absolute Gasteiger partial charge is 0.388 e. The number of nitrogens with zero attached hydrogens (tertiary/aromatic N) is 1. The predicted molar refractivity (Wildman–Crippen MR) is 68.7 cm³/mol. The van der Waals surface area contributed by atoms with Gasteiger partial charge in [-0.05, 0) is 6.07 Å². The third-order valence-corrected chi connectivity index (χ3v) is 2.95. The molecular weight excluding hydrogens is 233 g/mol. The van der Waals surface area contributed by atoms with Crippen molar-refractivity contribution in [1.82, 2.24) is 4.90 Å². The number of hydrogen-bond donors (Lipinski definition) is 1. The second-order valence-corrected chi connectivity index (χ2v) is 4.36. The second-order valence-electron chi connectivity index (χ2n) is 4.36. The van der Waals surface area contributed by atoms with Crippen LogP contribution in [0, 0.1) is 5.82 Å². The van der Waals surface area contributed by atoms with E-state index in [1.807, 2.05) is 0 Å². The Morgan fingerprint density at radius 1 is 1.33 bits per heavy atom. The Bertz CT molecular complexity index is 403. The first kappa shape index (κ1) is 13.2. The lowest BCUT2D eigenvalue weighted by atomic mass is 10.1. The van der Waals surface area contributed by atoms with Gasteiger partial charge in [0.15, 0.2) is 0 Å². The molecule has 1 saturated heterocycles. The molecule has 0 aromatic heterocycles. The van der Waals surface area contributed by atoms with Gasteiger partial charge in [0.05, 0.1) is 19.3 Å². The first-order chi connectivity index (χ1) is 8.75. The molecule has 3 nitrogen and oxygen atoms in total. The minimum Gasteiger partial charge on any atom is -0.388 e. The van der Waals surface area contributed by atoms with Crippen LogP contribution in [0.15, 0.2) is 30.3 Å². The third-order valence-electron chi connectivity index (χ3n) is 2.95. The molecule has 0 bridgehead atoms. The van der Waals surface area contributed by atoms with E-state index in [4.69, 9.17) is 4.74 Å². The van der Waals surface area contributed by atoms with Crippen molar-refractivity contribution < 1.29 is 14.2 Å². The van der Waals surface area contributed by atoms with Crippen molar-refractivity contribution >= 4 is 6.08 Å². The zero-order valence-corrected chi connectivity index (χ0v) is 10.3. The number of ether oxygens (including phenoxy) is 1. The highest BCUT2D eigenvalue weighted by molar-refractivity contribution is 5.50.